The van der Waals surface area contributed by atoms with E-state index in [0.717, 1.165) is 23.8 Å². The Bertz CT molecular complexity index is 1010. The zero-order valence-corrected chi connectivity index (χ0v) is 20.9. The molecule has 0 fully saturated rings. The van der Waals surface area contributed by atoms with E-state index in [1.54, 1.807) is 13.2 Å². The third-order valence-corrected chi connectivity index (χ3v) is 6.15. The Morgan fingerprint density at radius 2 is 1.93 bits per heavy atom. The Labute approximate surface area is 197 Å². The third-order valence-electron chi connectivity index (χ3n) is 4.14. The first-order valence-corrected chi connectivity index (χ1v) is 11.2. The number of ether oxygens (including phenoxy) is 3. The molecule has 0 bridgehead atoms. The molecule has 0 spiro atoms. The lowest BCUT2D eigenvalue weighted by molar-refractivity contribution is -0.129. The zero-order chi connectivity index (χ0) is 21.1. The van der Waals surface area contributed by atoms with Gasteiger partial charge in [0.05, 0.1) is 17.3 Å². The SMILES string of the molecule is COc1cc(/C=C2\N=C(c3ccc(I)c(C)c3)OC2=O)cc(I)c1OCC(C)C. The normalized spacial score (nSPS) is 14.9. The van der Waals surface area contributed by atoms with Gasteiger partial charge in [-0.2, -0.15) is 0 Å². The van der Waals surface area contributed by atoms with E-state index in [4.69, 9.17) is 14.2 Å². The van der Waals surface area contributed by atoms with Crippen molar-refractivity contribution in [3.05, 3.63) is 59.9 Å². The molecule has 152 valence electrons. The van der Waals surface area contributed by atoms with E-state index in [1.165, 1.54) is 0 Å². The summed E-state index contributed by atoms with van der Waals surface area (Å²) in [5, 5.41) is 0. The fraction of sp³-hybridized carbons (Fsp3) is 0.273. The molecular weight excluding hydrogens is 596 g/mol. The van der Waals surface area contributed by atoms with Crippen LogP contribution in [0.15, 0.2) is 41.0 Å². The summed E-state index contributed by atoms with van der Waals surface area (Å²) < 4.78 is 18.8. The first-order valence-electron chi connectivity index (χ1n) is 9.08. The van der Waals surface area contributed by atoms with Crippen molar-refractivity contribution in [3.63, 3.8) is 0 Å². The quantitative estimate of drug-likeness (QED) is 0.241. The highest BCUT2D eigenvalue weighted by Crippen LogP contribution is 2.35. The molecule has 0 aromatic heterocycles. The molecule has 1 aliphatic rings. The summed E-state index contributed by atoms with van der Waals surface area (Å²) in [6.45, 7) is 6.79. The van der Waals surface area contributed by atoms with E-state index < -0.39 is 5.97 Å². The highest BCUT2D eigenvalue weighted by molar-refractivity contribution is 14.1. The van der Waals surface area contributed by atoms with Crippen LogP contribution in [-0.4, -0.2) is 25.6 Å². The number of aryl methyl sites for hydroxylation is 1. The Morgan fingerprint density at radius 3 is 2.59 bits per heavy atom. The topological polar surface area (TPSA) is 57.1 Å². The van der Waals surface area contributed by atoms with Crippen molar-refractivity contribution in [1.82, 2.24) is 0 Å². The molecule has 29 heavy (non-hydrogen) atoms. The number of hydrogen-bond acceptors (Lipinski definition) is 5. The molecule has 2 aromatic carbocycles. The number of methoxy groups -OCH3 is 1. The summed E-state index contributed by atoms with van der Waals surface area (Å²) in [7, 11) is 1.60. The lowest BCUT2D eigenvalue weighted by atomic mass is 10.1. The second kappa shape index (κ2) is 9.46. The molecule has 0 aliphatic carbocycles. The van der Waals surface area contributed by atoms with Gasteiger partial charge in [-0.25, -0.2) is 9.79 Å². The maximum Gasteiger partial charge on any atom is 0.363 e. The summed E-state index contributed by atoms with van der Waals surface area (Å²) in [6.07, 6.45) is 1.70. The van der Waals surface area contributed by atoms with E-state index in [2.05, 4.69) is 64.0 Å². The molecule has 0 N–H and O–H groups in total. The molecule has 0 radical (unpaired) electrons. The van der Waals surface area contributed by atoms with Crippen LogP contribution in [0.2, 0.25) is 0 Å². The zero-order valence-electron chi connectivity index (χ0n) is 16.6. The number of hydrogen-bond donors (Lipinski definition) is 0. The number of carbonyl (C=O) groups excluding carboxylic acids is 1. The van der Waals surface area contributed by atoms with Gasteiger partial charge in [-0.05, 0) is 106 Å². The van der Waals surface area contributed by atoms with Crippen LogP contribution in [0.25, 0.3) is 6.08 Å². The number of cyclic esters (lactones) is 1. The molecule has 1 heterocycles. The number of nitrogens with zero attached hydrogens (tertiary/aromatic N) is 1. The average molecular weight is 617 g/mol. The summed E-state index contributed by atoms with van der Waals surface area (Å²) >= 11 is 4.47. The molecule has 0 saturated carbocycles. The van der Waals surface area contributed by atoms with Gasteiger partial charge >= 0.3 is 5.97 Å². The second-order valence-corrected chi connectivity index (χ2v) is 9.36. The van der Waals surface area contributed by atoms with Gasteiger partial charge in [0.25, 0.3) is 0 Å². The molecule has 3 rings (SSSR count). The average Bonchev–Trinajstić information content (AvgIpc) is 3.03. The number of rotatable bonds is 6. The predicted octanol–water partition coefficient (Wildman–Crippen LogP) is 5.59. The minimum atomic E-state index is -0.467. The summed E-state index contributed by atoms with van der Waals surface area (Å²) in [5.41, 5.74) is 2.93. The van der Waals surface area contributed by atoms with Crippen LogP contribution in [0.1, 0.15) is 30.5 Å². The van der Waals surface area contributed by atoms with Crippen LogP contribution in [0.3, 0.4) is 0 Å². The minimum Gasteiger partial charge on any atom is -0.493 e. The maximum atomic E-state index is 12.3. The van der Waals surface area contributed by atoms with E-state index in [1.807, 2.05) is 37.3 Å². The van der Waals surface area contributed by atoms with Crippen molar-refractivity contribution in [1.29, 1.82) is 0 Å². The summed E-state index contributed by atoms with van der Waals surface area (Å²) in [4.78, 5) is 16.7. The fourth-order valence-corrected chi connectivity index (χ4v) is 3.80. The summed E-state index contributed by atoms with van der Waals surface area (Å²) in [5.74, 6) is 1.58. The first-order chi connectivity index (χ1) is 13.8. The van der Waals surface area contributed by atoms with Crippen molar-refractivity contribution in [2.24, 2.45) is 10.9 Å². The molecule has 0 unspecified atom stereocenters. The van der Waals surface area contributed by atoms with Crippen LogP contribution in [0.5, 0.6) is 11.5 Å². The second-order valence-electron chi connectivity index (χ2n) is 7.04. The largest absolute Gasteiger partial charge is 0.493 e. The third kappa shape index (κ3) is 5.30. The fourth-order valence-electron chi connectivity index (χ4n) is 2.68. The maximum absolute atomic E-state index is 12.3. The van der Waals surface area contributed by atoms with Crippen LogP contribution in [0.4, 0.5) is 0 Å². The molecule has 0 atom stereocenters. The van der Waals surface area contributed by atoms with Crippen molar-refractivity contribution < 1.29 is 19.0 Å². The molecule has 1 aliphatic heterocycles. The lowest BCUT2D eigenvalue weighted by Crippen LogP contribution is -2.07. The van der Waals surface area contributed by atoms with E-state index >= 15 is 0 Å². The lowest BCUT2D eigenvalue weighted by Gasteiger charge is -2.15. The molecule has 2 aromatic rings. The molecule has 0 amide bonds. The van der Waals surface area contributed by atoms with Gasteiger partial charge in [-0.15, -0.1) is 0 Å². The molecule has 7 heteroatoms. The Kier molecular flexibility index (Phi) is 7.20. The highest BCUT2D eigenvalue weighted by atomic mass is 127. The standard InChI is InChI=1S/C22H21I2NO4/c1-12(2)11-28-20-17(24)8-14(10-19(20)27-4)9-18-22(26)29-21(25-18)15-5-6-16(23)13(3)7-15/h5-10,12H,11H2,1-4H3/b18-9-. The van der Waals surface area contributed by atoms with Crippen molar-refractivity contribution in [2.45, 2.75) is 20.8 Å². The Balaban J connectivity index is 1.92. The van der Waals surface area contributed by atoms with Crippen molar-refractivity contribution >= 4 is 63.1 Å². The predicted molar refractivity (Wildman–Crippen MR) is 131 cm³/mol. The molecule has 0 saturated heterocycles. The summed E-state index contributed by atoms with van der Waals surface area (Å²) in [6, 6.07) is 9.61. The van der Waals surface area contributed by atoms with Crippen molar-refractivity contribution in [2.75, 3.05) is 13.7 Å². The number of carbonyl (C=O) groups is 1. The Morgan fingerprint density at radius 1 is 1.17 bits per heavy atom. The number of esters is 1. The van der Waals surface area contributed by atoms with Gasteiger partial charge in [-0.1, -0.05) is 13.8 Å². The van der Waals surface area contributed by atoms with E-state index in [0.29, 0.717) is 29.9 Å². The number of halogens is 2. The molecular formula is C22H21I2NO4. The smallest absolute Gasteiger partial charge is 0.363 e. The van der Waals surface area contributed by atoms with Crippen LogP contribution < -0.4 is 9.47 Å². The Hall–Kier alpha value is -1.62. The highest BCUT2D eigenvalue weighted by Gasteiger charge is 2.25. The van der Waals surface area contributed by atoms with E-state index in [-0.39, 0.29) is 5.70 Å². The first kappa shape index (κ1) is 22.1. The van der Waals surface area contributed by atoms with Gasteiger partial charge in [-0.3, -0.25) is 0 Å². The van der Waals surface area contributed by atoms with Crippen molar-refractivity contribution in [3.8, 4) is 11.5 Å². The monoisotopic (exact) mass is 617 g/mol. The van der Waals surface area contributed by atoms with E-state index in [9.17, 15) is 4.79 Å². The van der Waals surface area contributed by atoms with Crippen LogP contribution in [-0.2, 0) is 9.53 Å². The van der Waals surface area contributed by atoms with Gasteiger partial charge in [0.2, 0.25) is 5.90 Å². The molecule has 5 nitrogen and oxygen atoms in total. The van der Waals surface area contributed by atoms with Crippen LogP contribution >= 0.6 is 45.2 Å². The van der Waals surface area contributed by atoms with Gasteiger partial charge in [0, 0.05) is 9.13 Å². The minimum absolute atomic E-state index is 0.255. The van der Waals surface area contributed by atoms with Gasteiger partial charge < -0.3 is 14.2 Å². The van der Waals surface area contributed by atoms with Gasteiger partial charge in [0.15, 0.2) is 17.2 Å². The van der Waals surface area contributed by atoms with Gasteiger partial charge in [0.1, 0.15) is 0 Å². The number of aliphatic imine (C=N–C) groups is 1. The van der Waals surface area contributed by atoms with Crippen LogP contribution in [0, 0.1) is 20.0 Å². The number of benzene rings is 2.